The van der Waals surface area contributed by atoms with Gasteiger partial charge in [0.25, 0.3) is 0 Å². The van der Waals surface area contributed by atoms with E-state index in [0.29, 0.717) is 12.6 Å². The molecule has 0 aliphatic carbocycles. The maximum atomic E-state index is 5.45. The average Bonchev–Trinajstić information content (AvgIpc) is 3.15. The number of imidazole rings is 1. The maximum absolute atomic E-state index is 5.45. The summed E-state index contributed by atoms with van der Waals surface area (Å²) in [6, 6.07) is 9.06. The van der Waals surface area contributed by atoms with Gasteiger partial charge in [-0.15, -0.1) is 24.0 Å². The van der Waals surface area contributed by atoms with E-state index in [1.165, 1.54) is 11.1 Å². The Balaban J connectivity index is 0.00000320. The normalized spacial score (nSPS) is 16.0. The number of nitrogens with one attached hydrogen (secondary N) is 2. The molecule has 1 aromatic heterocycles. The Labute approximate surface area is 197 Å². The van der Waals surface area contributed by atoms with Crippen LogP contribution < -0.4 is 10.6 Å². The molecule has 166 valence electrons. The fourth-order valence-electron chi connectivity index (χ4n) is 3.50. The molecule has 1 atom stereocenters. The lowest BCUT2D eigenvalue weighted by Gasteiger charge is -2.32. The van der Waals surface area contributed by atoms with Crippen molar-refractivity contribution in [2.75, 3.05) is 39.4 Å². The summed E-state index contributed by atoms with van der Waals surface area (Å²) >= 11 is 0. The van der Waals surface area contributed by atoms with Gasteiger partial charge >= 0.3 is 0 Å². The van der Waals surface area contributed by atoms with Crippen molar-refractivity contribution < 1.29 is 4.74 Å². The van der Waals surface area contributed by atoms with Crippen molar-refractivity contribution in [3.63, 3.8) is 0 Å². The van der Waals surface area contributed by atoms with Gasteiger partial charge in [-0.05, 0) is 31.9 Å². The van der Waals surface area contributed by atoms with Crippen LogP contribution in [-0.4, -0.2) is 65.8 Å². The quantitative estimate of drug-likeness (QED) is 0.315. The minimum Gasteiger partial charge on any atom is -0.379 e. The Hall–Kier alpha value is -1.65. The first-order valence-electron chi connectivity index (χ1n) is 10.5. The molecule has 0 bridgehead atoms. The number of guanidine groups is 1. The van der Waals surface area contributed by atoms with E-state index in [-0.39, 0.29) is 24.0 Å². The van der Waals surface area contributed by atoms with Gasteiger partial charge in [-0.1, -0.05) is 24.3 Å². The van der Waals surface area contributed by atoms with Gasteiger partial charge in [0.1, 0.15) is 5.82 Å². The number of aryl methyl sites for hydroxylation is 1. The molecule has 2 heterocycles. The van der Waals surface area contributed by atoms with Crippen LogP contribution in [0.25, 0.3) is 0 Å². The second-order valence-corrected chi connectivity index (χ2v) is 7.50. The van der Waals surface area contributed by atoms with Gasteiger partial charge in [0.15, 0.2) is 5.96 Å². The molecule has 7 nitrogen and oxygen atoms in total. The van der Waals surface area contributed by atoms with Crippen molar-refractivity contribution in [2.24, 2.45) is 4.99 Å². The SMILES string of the molecule is CCNC(=NCc1cccc(Cn2ccnc2C)c1)NCC(C)N1CCOCC1.I. The molecule has 1 aliphatic rings. The number of morpholine rings is 1. The summed E-state index contributed by atoms with van der Waals surface area (Å²) in [7, 11) is 0. The summed E-state index contributed by atoms with van der Waals surface area (Å²) in [6.45, 7) is 13.2. The van der Waals surface area contributed by atoms with Crippen LogP contribution in [0.15, 0.2) is 41.7 Å². The number of hydrogen-bond acceptors (Lipinski definition) is 4. The first-order valence-corrected chi connectivity index (χ1v) is 10.5. The number of aliphatic imine (C=N–C) groups is 1. The first-order chi connectivity index (χ1) is 14.2. The molecule has 1 fully saturated rings. The van der Waals surface area contributed by atoms with Crippen LogP contribution in [0.2, 0.25) is 0 Å². The highest BCUT2D eigenvalue weighted by molar-refractivity contribution is 14.0. The summed E-state index contributed by atoms with van der Waals surface area (Å²) in [5, 5.41) is 6.84. The Morgan fingerprint density at radius 2 is 2.00 bits per heavy atom. The Kier molecular flexibility index (Phi) is 10.6. The monoisotopic (exact) mass is 526 g/mol. The van der Waals surface area contributed by atoms with Crippen molar-refractivity contribution in [1.82, 2.24) is 25.1 Å². The van der Waals surface area contributed by atoms with Crippen LogP contribution in [0, 0.1) is 6.92 Å². The summed E-state index contributed by atoms with van der Waals surface area (Å²) < 4.78 is 7.60. The number of aromatic nitrogens is 2. The predicted molar refractivity (Wildman–Crippen MR) is 133 cm³/mol. The fraction of sp³-hybridized carbons (Fsp3) is 0.545. The summed E-state index contributed by atoms with van der Waals surface area (Å²) in [6.07, 6.45) is 3.86. The van der Waals surface area contributed by atoms with E-state index in [2.05, 4.69) is 63.2 Å². The zero-order valence-electron chi connectivity index (χ0n) is 18.3. The standard InChI is InChI=1S/C22H34N6O.HI/c1-4-23-22(25-15-18(2)27-10-12-29-13-11-27)26-16-20-6-5-7-21(14-20)17-28-9-8-24-19(28)3;/h5-9,14,18H,4,10-13,15-17H2,1-3H3,(H2,23,25,26);1H. The smallest absolute Gasteiger partial charge is 0.191 e. The number of nitrogens with zero attached hydrogens (tertiary/aromatic N) is 4. The van der Waals surface area contributed by atoms with Crippen LogP contribution in [0.3, 0.4) is 0 Å². The molecule has 1 saturated heterocycles. The minimum atomic E-state index is 0. The topological polar surface area (TPSA) is 66.7 Å². The lowest BCUT2D eigenvalue weighted by molar-refractivity contribution is 0.0211. The van der Waals surface area contributed by atoms with E-state index in [1.807, 2.05) is 19.3 Å². The lowest BCUT2D eigenvalue weighted by atomic mass is 10.1. The van der Waals surface area contributed by atoms with Gasteiger partial charge < -0.3 is 19.9 Å². The zero-order chi connectivity index (χ0) is 20.5. The second-order valence-electron chi connectivity index (χ2n) is 7.50. The van der Waals surface area contributed by atoms with Gasteiger partial charge in [-0.3, -0.25) is 4.90 Å². The van der Waals surface area contributed by atoms with Crippen molar-refractivity contribution in [3.8, 4) is 0 Å². The molecular weight excluding hydrogens is 491 g/mol. The molecule has 1 unspecified atom stereocenters. The van der Waals surface area contributed by atoms with Gasteiger partial charge in [0.05, 0.1) is 19.8 Å². The average molecular weight is 526 g/mol. The molecule has 3 rings (SSSR count). The molecule has 1 aliphatic heterocycles. The minimum absolute atomic E-state index is 0. The molecule has 2 aromatic rings. The van der Waals surface area contributed by atoms with Crippen LogP contribution >= 0.6 is 24.0 Å². The Bertz CT molecular complexity index is 787. The van der Waals surface area contributed by atoms with Crippen LogP contribution in [0.4, 0.5) is 0 Å². The number of halogens is 1. The molecule has 0 spiro atoms. The highest BCUT2D eigenvalue weighted by atomic mass is 127. The fourth-order valence-corrected chi connectivity index (χ4v) is 3.50. The third kappa shape index (κ3) is 7.55. The maximum Gasteiger partial charge on any atom is 0.191 e. The molecular formula is C22H35IN6O. The van der Waals surface area contributed by atoms with E-state index in [9.17, 15) is 0 Å². The van der Waals surface area contributed by atoms with E-state index in [0.717, 1.165) is 57.7 Å². The van der Waals surface area contributed by atoms with Gasteiger partial charge in [-0.25, -0.2) is 9.98 Å². The summed E-state index contributed by atoms with van der Waals surface area (Å²) in [5.74, 6) is 1.89. The highest BCUT2D eigenvalue weighted by Gasteiger charge is 2.17. The van der Waals surface area contributed by atoms with Crippen LogP contribution in [0.1, 0.15) is 30.8 Å². The van der Waals surface area contributed by atoms with Crippen LogP contribution in [0.5, 0.6) is 0 Å². The number of benzene rings is 1. The summed E-state index contributed by atoms with van der Waals surface area (Å²) in [4.78, 5) is 11.5. The molecule has 0 saturated carbocycles. The van der Waals surface area contributed by atoms with Crippen LogP contribution in [-0.2, 0) is 17.8 Å². The van der Waals surface area contributed by atoms with Gasteiger partial charge in [0, 0.05) is 51.2 Å². The number of rotatable bonds is 8. The third-order valence-electron chi connectivity index (χ3n) is 5.27. The molecule has 0 amide bonds. The van der Waals surface area contributed by atoms with E-state index < -0.39 is 0 Å². The second kappa shape index (κ2) is 12.9. The van der Waals surface area contributed by atoms with Gasteiger partial charge in [0.2, 0.25) is 0 Å². The number of hydrogen-bond donors (Lipinski definition) is 2. The van der Waals surface area contributed by atoms with Gasteiger partial charge in [-0.2, -0.15) is 0 Å². The van der Waals surface area contributed by atoms with Crippen molar-refractivity contribution in [3.05, 3.63) is 53.6 Å². The van der Waals surface area contributed by atoms with E-state index in [1.54, 1.807) is 0 Å². The zero-order valence-corrected chi connectivity index (χ0v) is 20.6. The number of ether oxygens (including phenoxy) is 1. The highest BCUT2D eigenvalue weighted by Crippen LogP contribution is 2.10. The lowest BCUT2D eigenvalue weighted by Crippen LogP contribution is -2.49. The molecule has 8 heteroatoms. The Morgan fingerprint density at radius 1 is 1.23 bits per heavy atom. The van der Waals surface area contributed by atoms with Crippen molar-refractivity contribution in [2.45, 2.75) is 39.9 Å². The molecule has 1 aromatic carbocycles. The molecule has 2 N–H and O–H groups in total. The predicted octanol–water partition coefficient (Wildman–Crippen LogP) is 2.63. The largest absolute Gasteiger partial charge is 0.379 e. The van der Waals surface area contributed by atoms with Crippen molar-refractivity contribution >= 4 is 29.9 Å². The Morgan fingerprint density at radius 3 is 2.70 bits per heavy atom. The summed E-state index contributed by atoms with van der Waals surface area (Å²) in [5.41, 5.74) is 2.47. The first kappa shape index (κ1) is 24.6. The van der Waals surface area contributed by atoms with E-state index >= 15 is 0 Å². The third-order valence-corrected chi connectivity index (χ3v) is 5.27. The van der Waals surface area contributed by atoms with Crippen molar-refractivity contribution in [1.29, 1.82) is 0 Å². The van der Waals surface area contributed by atoms with E-state index in [4.69, 9.17) is 9.73 Å². The molecule has 0 radical (unpaired) electrons. The molecule has 30 heavy (non-hydrogen) atoms.